The van der Waals surface area contributed by atoms with Gasteiger partial charge in [0.25, 0.3) is 0 Å². The number of azo groups is 1. The number of ketones is 1. The summed E-state index contributed by atoms with van der Waals surface area (Å²) in [5.74, 6) is -0.123. The van der Waals surface area contributed by atoms with Gasteiger partial charge in [0.05, 0.1) is 10.6 Å². The summed E-state index contributed by atoms with van der Waals surface area (Å²) in [7, 11) is 3.90. The molecule has 0 radical (unpaired) electrons. The summed E-state index contributed by atoms with van der Waals surface area (Å²) >= 11 is 1.11. The second-order valence-electron chi connectivity index (χ2n) is 4.56. The van der Waals surface area contributed by atoms with Crippen molar-refractivity contribution < 1.29 is 4.79 Å². The number of benzene rings is 1. The zero-order valence-corrected chi connectivity index (χ0v) is 12.7. The number of hydrogen-bond acceptors (Lipinski definition) is 7. The van der Waals surface area contributed by atoms with Crippen LogP contribution in [0.5, 0.6) is 0 Å². The topological polar surface area (TPSA) is 74.5 Å². The minimum atomic E-state index is -0.123. The summed E-state index contributed by atoms with van der Waals surface area (Å²) < 4.78 is 0. The number of nitrogens with zero attached hydrogens (tertiary/aromatic N) is 4. The average molecular weight is 302 g/mol. The summed E-state index contributed by atoms with van der Waals surface area (Å²) in [5, 5.41) is 11.3. The van der Waals surface area contributed by atoms with Crippen molar-refractivity contribution >= 4 is 39.2 Å². The molecule has 0 saturated carbocycles. The average Bonchev–Trinajstić information content (AvgIpc) is 2.89. The molecule has 0 aliphatic heterocycles. The third kappa shape index (κ3) is 3.57. The number of hydrogen-bond donors (Lipinski definition) is 0. The molecule has 0 fully saturated rings. The van der Waals surface area contributed by atoms with Gasteiger partial charge in [0, 0.05) is 19.8 Å². The van der Waals surface area contributed by atoms with E-state index in [-0.39, 0.29) is 11.5 Å². The Kier molecular flexibility index (Phi) is 4.54. The maximum absolute atomic E-state index is 11.3. The van der Waals surface area contributed by atoms with E-state index >= 15 is 0 Å². The van der Waals surface area contributed by atoms with Gasteiger partial charge in [0.1, 0.15) is 5.69 Å². The second kappa shape index (κ2) is 6.36. The smallest absolute Gasteiger partial charge is 0.169 e. The van der Waals surface area contributed by atoms with E-state index in [1.165, 1.54) is 13.0 Å². The Hall–Kier alpha value is -2.41. The summed E-state index contributed by atoms with van der Waals surface area (Å²) in [6, 6.07) is 8.92. The van der Waals surface area contributed by atoms with Gasteiger partial charge in [-0.2, -0.15) is 0 Å². The SMILES string of the molecule is CC(=O)c1cc(N=O)c(N=Nc2ccc(N(C)C)cc2)s1. The fourth-order valence-corrected chi connectivity index (χ4v) is 2.41. The minimum absolute atomic E-state index is 0.123. The third-order valence-electron chi connectivity index (χ3n) is 2.76. The first-order valence-corrected chi connectivity index (χ1v) is 7.00. The summed E-state index contributed by atoms with van der Waals surface area (Å²) in [4.78, 5) is 24.5. The van der Waals surface area contributed by atoms with E-state index in [1.807, 2.05) is 43.3 Å². The molecule has 0 amide bonds. The Morgan fingerprint density at radius 3 is 2.33 bits per heavy atom. The van der Waals surface area contributed by atoms with Crippen molar-refractivity contribution in [3.05, 3.63) is 40.1 Å². The number of carbonyl (C=O) groups excluding carboxylic acids is 1. The Balaban J connectivity index is 2.24. The van der Waals surface area contributed by atoms with Crippen molar-refractivity contribution in [1.82, 2.24) is 0 Å². The van der Waals surface area contributed by atoms with Gasteiger partial charge < -0.3 is 4.90 Å². The van der Waals surface area contributed by atoms with Crippen LogP contribution in [0, 0.1) is 4.91 Å². The van der Waals surface area contributed by atoms with Crippen molar-refractivity contribution in [3.8, 4) is 0 Å². The monoisotopic (exact) mass is 302 g/mol. The highest BCUT2D eigenvalue weighted by molar-refractivity contribution is 7.18. The molecule has 7 heteroatoms. The van der Waals surface area contributed by atoms with Crippen LogP contribution in [0.1, 0.15) is 16.6 Å². The number of carbonyl (C=O) groups is 1. The zero-order valence-electron chi connectivity index (χ0n) is 11.9. The van der Waals surface area contributed by atoms with Gasteiger partial charge in [-0.1, -0.05) is 0 Å². The van der Waals surface area contributed by atoms with E-state index in [4.69, 9.17) is 0 Å². The van der Waals surface area contributed by atoms with Gasteiger partial charge in [0.15, 0.2) is 10.8 Å². The molecule has 1 heterocycles. The quantitative estimate of drug-likeness (QED) is 0.451. The van der Waals surface area contributed by atoms with Crippen molar-refractivity contribution in [2.24, 2.45) is 15.4 Å². The highest BCUT2D eigenvalue weighted by Crippen LogP contribution is 2.38. The first kappa shape index (κ1) is 15.0. The van der Waals surface area contributed by atoms with Crippen LogP contribution < -0.4 is 4.90 Å². The van der Waals surface area contributed by atoms with Crippen LogP contribution in [-0.2, 0) is 0 Å². The molecule has 21 heavy (non-hydrogen) atoms. The minimum Gasteiger partial charge on any atom is -0.378 e. The maximum atomic E-state index is 11.3. The molecule has 0 saturated heterocycles. The zero-order chi connectivity index (χ0) is 15.4. The lowest BCUT2D eigenvalue weighted by molar-refractivity contribution is 0.102. The van der Waals surface area contributed by atoms with Gasteiger partial charge in [-0.25, -0.2) is 0 Å². The molecule has 0 N–H and O–H groups in total. The Morgan fingerprint density at radius 1 is 1.14 bits per heavy atom. The predicted molar refractivity (Wildman–Crippen MR) is 84.7 cm³/mol. The highest BCUT2D eigenvalue weighted by atomic mass is 32.1. The molecule has 0 aliphatic rings. The molecule has 0 bridgehead atoms. The van der Waals surface area contributed by atoms with Crippen LogP contribution in [0.4, 0.5) is 22.1 Å². The molecule has 108 valence electrons. The summed E-state index contributed by atoms with van der Waals surface area (Å²) in [6.45, 7) is 1.43. The molecule has 1 aromatic carbocycles. The van der Waals surface area contributed by atoms with Crippen molar-refractivity contribution in [2.75, 3.05) is 19.0 Å². The number of rotatable bonds is 5. The molecule has 1 aromatic heterocycles. The lowest BCUT2D eigenvalue weighted by Gasteiger charge is -2.11. The lowest BCUT2D eigenvalue weighted by Crippen LogP contribution is -2.07. The third-order valence-corrected chi connectivity index (χ3v) is 3.87. The van der Waals surface area contributed by atoms with Crippen LogP contribution in [0.2, 0.25) is 0 Å². The van der Waals surface area contributed by atoms with E-state index in [0.29, 0.717) is 15.6 Å². The second-order valence-corrected chi connectivity index (χ2v) is 5.59. The molecule has 0 aliphatic carbocycles. The van der Waals surface area contributed by atoms with Crippen LogP contribution in [0.15, 0.2) is 45.7 Å². The van der Waals surface area contributed by atoms with Crippen molar-refractivity contribution in [3.63, 3.8) is 0 Å². The molecule has 6 nitrogen and oxygen atoms in total. The molecular weight excluding hydrogens is 288 g/mol. The van der Waals surface area contributed by atoms with Crippen molar-refractivity contribution in [1.29, 1.82) is 0 Å². The Labute approximate surface area is 126 Å². The first-order valence-electron chi connectivity index (χ1n) is 6.18. The molecule has 0 atom stereocenters. The van der Waals surface area contributed by atoms with E-state index in [2.05, 4.69) is 15.4 Å². The molecule has 2 aromatic rings. The molecule has 0 spiro atoms. The first-order chi connectivity index (χ1) is 10.0. The normalized spacial score (nSPS) is 10.8. The van der Waals surface area contributed by atoms with E-state index < -0.39 is 0 Å². The largest absolute Gasteiger partial charge is 0.378 e. The standard InChI is InChI=1S/C14H14N4O2S/c1-9(19)13-8-12(17-20)14(21-13)16-15-10-4-6-11(7-5-10)18(2)3/h4-8H,1-3H3. The summed E-state index contributed by atoms with van der Waals surface area (Å²) in [5.41, 5.74) is 1.85. The van der Waals surface area contributed by atoms with Gasteiger partial charge in [-0.15, -0.1) is 26.5 Å². The fraction of sp³-hybridized carbons (Fsp3) is 0.214. The Morgan fingerprint density at radius 2 is 1.81 bits per heavy atom. The van der Waals surface area contributed by atoms with E-state index in [1.54, 1.807) is 0 Å². The van der Waals surface area contributed by atoms with Gasteiger partial charge in [-0.3, -0.25) is 4.79 Å². The fourth-order valence-electron chi connectivity index (χ4n) is 1.60. The van der Waals surface area contributed by atoms with E-state index in [0.717, 1.165) is 17.0 Å². The van der Waals surface area contributed by atoms with Gasteiger partial charge >= 0.3 is 0 Å². The van der Waals surface area contributed by atoms with Crippen LogP contribution >= 0.6 is 11.3 Å². The maximum Gasteiger partial charge on any atom is 0.169 e. The molecule has 0 unspecified atom stereocenters. The Bertz CT molecular complexity index is 689. The highest BCUT2D eigenvalue weighted by Gasteiger charge is 2.12. The van der Waals surface area contributed by atoms with Gasteiger partial charge in [-0.05, 0) is 42.4 Å². The summed E-state index contributed by atoms with van der Waals surface area (Å²) in [6.07, 6.45) is 0. The molecular formula is C14H14N4O2S. The number of Topliss-reactive ketones (excluding diaryl/α,β-unsaturated/α-hetero) is 1. The van der Waals surface area contributed by atoms with Gasteiger partial charge in [0.2, 0.25) is 0 Å². The van der Waals surface area contributed by atoms with Crippen LogP contribution in [0.3, 0.4) is 0 Å². The number of nitroso groups, excluding NO2 is 1. The molecule has 2 rings (SSSR count). The van der Waals surface area contributed by atoms with E-state index in [9.17, 15) is 9.70 Å². The van der Waals surface area contributed by atoms with Crippen LogP contribution in [0.25, 0.3) is 0 Å². The van der Waals surface area contributed by atoms with Crippen molar-refractivity contribution in [2.45, 2.75) is 6.92 Å². The van der Waals surface area contributed by atoms with Crippen LogP contribution in [-0.4, -0.2) is 19.9 Å². The number of anilines is 1. The lowest BCUT2D eigenvalue weighted by atomic mass is 10.3. The number of thiophene rings is 1. The predicted octanol–water partition coefficient (Wildman–Crippen LogP) is 4.83.